The van der Waals surface area contributed by atoms with Gasteiger partial charge in [0.25, 0.3) is 0 Å². The summed E-state index contributed by atoms with van der Waals surface area (Å²) in [5, 5.41) is 18.1. The third kappa shape index (κ3) is 3.67. The molecule has 0 radical (unpaired) electrons. The maximum absolute atomic E-state index is 9.40. The fourth-order valence-corrected chi connectivity index (χ4v) is 1.99. The fraction of sp³-hybridized carbons (Fsp3) is 0.500. The average Bonchev–Trinajstić information content (AvgIpc) is 2.12. The Hall–Kier alpha value is -0.770. The molecule has 1 aromatic carbocycles. The number of rotatable bonds is 4. The monoisotopic (exact) mass is 245 g/mol. The zero-order valence-electron chi connectivity index (χ0n) is 9.73. The van der Waals surface area contributed by atoms with E-state index < -0.39 is 0 Å². The zero-order chi connectivity index (χ0) is 11.4. The average molecular weight is 246 g/mol. The summed E-state index contributed by atoms with van der Waals surface area (Å²) in [4.78, 5) is 0. The van der Waals surface area contributed by atoms with Crippen LogP contribution in [0.5, 0.6) is 5.75 Å². The third-order valence-corrected chi connectivity index (χ3v) is 2.62. The van der Waals surface area contributed by atoms with E-state index in [2.05, 4.69) is 0 Å². The summed E-state index contributed by atoms with van der Waals surface area (Å²) in [7, 11) is 0. The van der Waals surface area contributed by atoms with Crippen molar-refractivity contribution in [2.75, 3.05) is 6.61 Å². The summed E-state index contributed by atoms with van der Waals surface area (Å²) >= 11 is 0. The first-order chi connectivity index (χ1) is 7.06. The van der Waals surface area contributed by atoms with E-state index in [0.29, 0.717) is 6.42 Å². The lowest BCUT2D eigenvalue weighted by atomic mass is 9.93. The highest BCUT2D eigenvalue weighted by Gasteiger charge is 2.12. The van der Waals surface area contributed by atoms with Crippen molar-refractivity contribution in [3.05, 3.63) is 28.8 Å². The van der Waals surface area contributed by atoms with Crippen LogP contribution in [0.2, 0.25) is 0 Å². The molecule has 4 N–H and O–H groups in total. The lowest BCUT2D eigenvalue weighted by Crippen LogP contribution is -2.13. The lowest BCUT2D eigenvalue weighted by molar-refractivity contribution is 0.280. The van der Waals surface area contributed by atoms with E-state index in [4.69, 9.17) is 10.8 Å². The van der Waals surface area contributed by atoms with Crippen LogP contribution < -0.4 is 5.73 Å². The molecule has 0 bridgehead atoms. The molecule has 0 heterocycles. The minimum absolute atomic E-state index is 0. The smallest absolute Gasteiger partial charge is 0.116 e. The number of aryl methyl sites for hydroxylation is 2. The SMILES string of the molecule is Cc1cc(O)cc(C)c1[C@@H](N)CCCO.Cl. The summed E-state index contributed by atoms with van der Waals surface area (Å²) in [5.74, 6) is 0.281. The standard InChI is InChI=1S/C12H19NO2.ClH/c1-8-6-10(15)7-9(2)12(8)11(13)4-3-5-14;/h6-7,11,14-15H,3-5,13H2,1-2H3;1H/t11-;/m0./s1. The minimum Gasteiger partial charge on any atom is -0.508 e. The van der Waals surface area contributed by atoms with Gasteiger partial charge in [0, 0.05) is 12.6 Å². The molecule has 1 rings (SSSR count). The van der Waals surface area contributed by atoms with Gasteiger partial charge in [-0.1, -0.05) is 0 Å². The van der Waals surface area contributed by atoms with Crippen molar-refractivity contribution in [1.82, 2.24) is 0 Å². The summed E-state index contributed by atoms with van der Waals surface area (Å²) in [6, 6.07) is 3.39. The second-order valence-electron chi connectivity index (χ2n) is 3.97. The maximum Gasteiger partial charge on any atom is 0.116 e. The number of halogens is 1. The molecule has 16 heavy (non-hydrogen) atoms. The minimum atomic E-state index is -0.0576. The summed E-state index contributed by atoms with van der Waals surface area (Å²) in [6.45, 7) is 4.06. The second-order valence-corrected chi connectivity index (χ2v) is 3.97. The van der Waals surface area contributed by atoms with Gasteiger partial charge in [0.1, 0.15) is 5.75 Å². The largest absolute Gasteiger partial charge is 0.508 e. The summed E-state index contributed by atoms with van der Waals surface area (Å²) in [6.07, 6.45) is 1.48. The Balaban J connectivity index is 0.00000225. The number of phenolic OH excluding ortho intramolecular Hbond substituents is 1. The molecule has 0 saturated carbocycles. The van der Waals surface area contributed by atoms with E-state index in [1.54, 1.807) is 12.1 Å². The molecule has 1 atom stereocenters. The van der Waals surface area contributed by atoms with Crippen LogP contribution in [-0.4, -0.2) is 16.8 Å². The molecular formula is C12H20ClNO2. The predicted octanol–water partition coefficient (Wildman–Crippen LogP) is 2.20. The Morgan fingerprint density at radius 2 is 1.75 bits per heavy atom. The molecule has 3 nitrogen and oxygen atoms in total. The molecule has 1 aromatic rings. The van der Waals surface area contributed by atoms with Gasteiger partial charge in [-0.3, -0.25) is 0 Å². The third-order valence-electron chi connectivity index (χ3n) is 2.62. The number of benzene rings is 1. The van der Waals surface area contributed by atoms with Crippen molar-refractivity contribution in [2.24, 2.45) is 5.73 Å². The Labute approximate surface area is 103 Å². The molecule has 0 saturated heterocycles. The highest BCUT2D eigenvalue weighted by atomic mass is 35.5. The topological polar surface area (TPSA) is 66.5 Å². The fourth-order valence-electron chi connectivity index (χ4n) is 1.99. The predicted molar refractivity (Wildman–Crippen MR) is 68.1 cm³/mol. The lowest BCUT2D eigenvalue weighted by Gasteiger charge is -2.17. The number of hydrogen-bond donors (Lipinski definition) is 3. The van der Waals surface area contributed by atoms with Gasteiger partial charge < -0.3 is 15.9 Å². The first kappa shape index (κ1) is 15.2. The van der Waals surface area contributed by atoms with Gasteiger partial charge in [0.05, 0.1) is 0 Å². The number of hydrogen-bond acceptors (Lipinski definition) is 3. The van der Waals surface area contributed by atoms with E-state index in [9.17, 15) is 5.11 Å². The van der Waals surface area contributed by atoms with Gasteiger partial charge in [-0.25, -0.2) is 0 Å². The number of aliphatic hydroxyl groups is 1. The zero-order valence-corrected chi connectivity index (χ0v) is 10.5. The molecule has 0 fully saturated rings. The molecule has 0 spiro atoms. The Kier molecular flexibility index (Phi) is 6.41. The normalized spacial score (nSPS) is 12.0. The number of aliphatic hydroxyl groups excluding tert-OH is 1. The van der Waals surface area contributed by atoms with Crippen LogP contribution in [-0.2, 0) is 0 Å². The van der Waals surface area contributed by atoms with Crippen LogP contribution in [0.25, 0.3) is 0 Å². The first-order valence-electron chi connectivity index (χ1n) is 5.22. The van der Waals surface area contributed by atoms with E-state index in [1.807, 2.05) is 13.8 Å². The quantitative estimate of drug-likeness (QED) is 0.762. The molecule has 0 aliphatic heterocycles. The van der Waals surface area contributed by atoms with E-state index in [0.717, 1.165) is 23.1 Å². The van der Waals surface area contributed by atoms with Crippen molar-refractivity contribution >= 4 is 12.4 Å². The van der Waals surface area contributed by atoms with Crippen molar-refractivity contribution in [1.29, 1.82) is 0 Å². The number of phenols is 1. The Bertz CT molecular complexity index is 319. The summed E-state index contributed by atoms with van der Waals surface area (Å²) in [5.41, 5.74) is 9.15. The molecule has 0 aliphatic carbocycles. The Morgan fingerprint density at radius 1 is 1.25 bits per heavy atom. The van der Waals surface area contributed by atoms with Crippen LogP contribution in [0.3, 0.4) is 0 Å². The van der Waals surface area contributed by atoms with Crippen molar-refractivity contribution in [3.63, 3.8) is 0 Å². The molecule has 0 aliphatic rings. The van der Waals surface area contributed by atoms with Crippen molar-refractivity contribution in [3.8, 4) is 5.75 Å². The van der Waals surface area contributed by atoms with Crippen LogP contribution in [0.15, 0.2) is 12.1 Å². The highest BCUT2D eigenvalue weighted by molar-refractivity contribution is 5.85. The molecule has 0 amide bonds. The van der Waals surface area contributed by atoms with Gasteiger partial charge in [0.15, 0.2) is 0 Å². The Morgan fingerprint density at radius 3 is 2.19 bits per heavy atom. The van der Waals surface area contributed by atoms with Crippen LogP contribution in [0.1, 0.15) is 35.6 Å². The van der Waals surface area contributed by atoms with Crippen molar-refractivity contribution in [2.45, 2.75) is 32.7 Å². The van der Waals surface area contributed by atoms with E-state index in [-0.39, 0.29) is 30.8 Å². The number of nitrogens with two attached hydrogens (primary N) is 1. The van der Waals surface area contributed by atoms with Gasteiger partial charge in [-0.2, -0.15) is 0 Å². The summed E-state index contributed by atoms with van der Waals surface area (Å²) < 4.78 is 0. The van der Waals surface area contributed by atoms with E-state index in [1.165, 1.54) is 0 Å². The second kappa shape index (κ2) is 6.74. The molecule has 0 aromatic heterocycles. The number of aromatic hydroxyl groups is 1. The molecule has 4 heteroatoms. The first-order valence-corrected chi connectivity index (χ1v) is 5.22. The highest BCUT2D eigenvalue weighted by Crippen LogP contribution is 2.27. The molecule has 0 unspecified atom stereocenters. The van der Waals surface area contributed by atoms with E-state index >= 15 is 0 Å². The van der Waals surface area contributed by atoms with Gasteiger partial charge in [-0.05, 0) is 55.5 Å². The van der Waals surface area contributed by atoms with Gasteiger partial charge >= 0.3 is 0 Å². The van der Waals surface area contributed by atoms with Crippen LogP contribution >= 0.6 is 12.4 Å². The van der Waals surface area contributed by atoms with Gasteiger partial charge in [-0.15, -0.1) is 12.4 Å². The molecular weight excluding hydrogens is 226 g/mol. The molecule has 92 valence electrons. The van der Waals surface area contributed by atoms with Crippen molar-refractivity contribution < 1.29 is 10.2 Å². The van der Waals surface area contributed by atoms with Crippen LogP contribution in [0, 0.1) is 13.8 Å². The maximum atomic E-state index is 9.40. The van der Waals surface area contributed by atoms with Gasteiger partial charge in [0.2, 0.25) is 0 Å². The van der Waals surface area contributed by atoms with Crippen LogP contribution in [0.4, 0.5) is 0 Å².